The number of sulfone groups is 1. The summed E-state index contributed by atoms with van der Waals surface area (Å²) in [5.41, 5.74) is 0. The fourth-order valence-corrected chi connectivity index (χ4v) is 6.08. The molecule has 0 aromatic carbocycles. The maximum atomic E-state index is 11.4. The summed E-state index contributed by atoms with van der Waals surface area (Å²) in [6.45, 7) is 3.28. The number of rotatable bonds is 5. The normalized spacial score (nSPS) is 35.0. The van der Waals surface area contributed by atoms with Crippen LogP contribution in [0, 0.1) is 5.92 Å². The molecule has 5 heteroatoms. The molecule has 0 aromatic heterocycles. The van der Waals surface area contributed by atoms with Gasteiger partial charge in [-0.3, -0.25) is 4.90 Å². The van der Waals surface area contributed by atoms with E-state index in [0.29, 0.717) is 11.5 Å². The average Bonchev–Trinajstić information content (AvgIpc) is 3.09. The summed E-state index contributed by atoms with van der Waals surface area (Å²) in [6, 6.07) is 1.01. The Balaban J connectivity index is 1.41. The van der Waals surface area contributed by atoms with Gasteiger partial charge in [0.2, 0.25) is 0 Å². The summed E-state index contributed by atoms with van der Waals surface area (Å²) >= 11 is 0. The third kappa shape index (κ3) is 3.55. The van der Waals surface area contributed by atoms with Crippen molar-refractivity contribution in [2.75, 3.05) is 31.1 Å². The van der Waals surface area contributed by atoms with Crippen molar-refractivity contribution in [3.63, 3.8) is 0 Å². The summed E-state index contributed by atoms with van der Waals surface area (Å²) < 4.78 is 22.9. The van der Waals surface area contributed by atoms with E-state index in [1.165, 1.54) is 45.1 Å². The highest BCUT2D eigenvalue weighted by molar-refractivity contribution is 7.91. The topological polar surface area (TPSA) is 49.4 Å². The molecule has 2 saturated heterocycles. The number of likely N-dealkylation sites (tertiary alicyclic amines) is 1. The van der Waals surface area contributed by atoms with Gasteiger partial charge >= 0.3 is 0 Å². The predicted octanol–water partition coefficient (Wildman–Crippen LogP) is 1.42. The Morgan fingerprint density at radius 3 is 2.55 bits per heavy atom. The zero-order valence-electron chi connectivity index (χ0n) is 12.4. The van der Waals surface area contributed by atoms with Crippen LogP contribution in [0.3, 0.4) is 0 Å². The second kappa shape index (κ2) is 6.32. The molecule has 1 N–H and O–H groups in total. The van der Waals surface area contributed by atoms with Gasteiger partial charge in [-0.1, -0.05) is 12.8 Å². The molecule has 0 amide bonds. The Bertz CT molecular complexity index is 418. The van der Waals surface area contributed by atoms with Crippen molar-refractivity contribution in [1.29, 1.82) is 0 Å². The summed E-state index contributed by atoms with van der Waals surface area (Å²) in [6.07, 6.45) is 9.22. The minimum absolute atomic E-state index is 0.201. The lowest BCUT2D eigenvalue weighted by molar-refractivity contribution is 0.190. The van der Waals surface area contributed by atoms with Crippen LogP contribution in [0.4, 0.5) is 0 Å². The summed E-state index contributed by atoms with van der Waals surface area (Å²) in [7, 11) is -2.74. The number of hydrogen-bond donors (Lipinski definition) is 1. The molecule has 116 valence electrons. The van der Waals surface area contributed by atoms with Crippen LogP contribution in [0.25, 0.3) is 0 Å². The van der Waals surface area contributed by atoms with Crippen molar-refractivity contribution < 1.29 is 8.42 Å². The molecule has 2 unspecified atom stereocenters. The van der Waals surface area contributed by atoms with Gasteiger partial charge in [0.15, 0.2) is 9.84 Å². The Labute approximate surface area is 123 Å². The van der Waals surface area contributed by atoms with Gasteiger partial charge < -0.3 is 5.32 Å². The van der Waals surface area contributed by atoms with E-state index in [1.54, 1.807) is 0 Å². The Hall–Kier alpha value is -0.130. The van der Waals surface area contributed by atoms with Crippen LogP contribution >= 0.6 is 0 Å². The molecule has 3 aliphatic rings. The highest BCUT2D eigenvalue weighted by Crippen LogP contribution is 2.35. The van der Waals surface area contributed by atoms with Crippen molar-refractivity contribution in [2.24, 2.45) is 5.92 Å². The van der Waals surface area contributed by atoms with Gasteiger partial charge in [0.1, 0.15) is 0 Å². The van der Waals surface area contributed by atoms with Crippen molar-refractivity contribution in [2.45, 2.75) is 57.0 Å². The lowest BCUT2D eigenvalue weighted by Gasteiger charge is -2.29. The van der Waals surface area contributed by atoms with Crippen molar-refractivity contribution in [3.8, 4) is 0 Å². The van der Waals surface area contributed by atoms with Crippen molar-refractivity contribution in [3.05, 3.63) is 0 Å². The Morgan fingerprint density at radius 2 is 1.85 bits per heavy atom. The molecule has 0 radical (unpaired) electrons. The monoisotopic (exact) mass is 300 g/mol. The summed E-state index contributed by atoms with van der Waals surface area (Å²) in [4.78, 5) is 2.66. The molecule has 2 aliphatic heterocycles. The van der Waals surface area contributed by atoms with Crippen LogP contribution in [0.15, 0.2) is 0 Å². The first-order chi connectivity index (χ1) is 9.64. The molecular formula is C15H28N2O2S. The van der Waals surface area contributed by atoms with Crippen LogP contribution in [0.2, 0.25) is 0 Å². The minimum Gasteiger partial charge on any atom is -0.312 e. The summed E-state index contributed by atoms with van der Waals surface area (Å²) in [5.74, 6) is 1.65. The molecule has 0 bridgehead atoms. The molecule has 2 atom stereocenters. The first-order valence-corrected chi connectivity index (χ1v) is 10.1. The molecule has 3 fully saturated rings. The van der Waals surface area contributed by atoms with Crippen LogP contribution in [-0.2, 0) is 9.84 Å². The fourth-order valence-electron chi connectivity index (χ4n) is 4.37. The Morgan fingerprint density at radius 1 is 1.05 bits per heavy atom. The van der Waals surface area contributed by atoms with Gasteiger partial charge in [0.25, 0.3) is 0 Å². The smallest absolute Gasteiger partial charge is 0.151 e. The molecular weight excluding hydrogens is 272 g/mol. The van der Waals surface area contributed by atoms with E-state index in [4.69, 9.17) is 0 Å². The molecule has 4 nitrogen and oxygen atoms in total. The largest absolute Gasteiger partial charge is 0.312 e. The predicted molar refractivity (Wildman–Crippen MR) is 81.6 cm³/mol. The van der Waals surface area contributed by atoms with Crippen molar-refractivity contribution >= 4 is 9.84 Å². The maximum Gasteiger partial charge on any atom is 0.151 e. The van der Waals surface area contributed by atoms with E-state index >= 15 is 0 Å². The van der Waals surface area contributed by atoms with Crippen molar-refractivity contribution in [1.82, 2.24) is 10.2 Å². The van der Waals surface area contributed by atoms with E-state index in [1.807, 2.05) is 0 Å². The van der Waals surface area contributed by atoms with E-state index in [0.717, 1.165) is 31.5 Å². The third-order valence-electron chi connectivity index (χ3n) is 5.42. The molecule has 1 saturated carbocycles. The number of nitrogens with one attached hydrogen (secondary N) is 1. The molecule has 0 spiro atoms. The minimum atomic E-state index is -2.74. The molecule has 20 heavy (non-hydrogen) atoms. The second-order valence-corrected chi connectivity index (χ2v) is 9.07. The second-order valence-electron chi connectivity index (χ2n) is 6.84. The van der Waals surface area contributed by atoms with E-state index in [-0.39, 0.29) is 6.04 Å². The van der Waals surface area contributed by atoms with E-state index in [2.05, 4.69) is 10.2 Å². The van der Waals surface area contributed by atoms with Gasteiger partial charge in [-0.25, -0.2) is 8.42 Å². The maximum absolute atomic E-state index is 11.4. The lowest BCUT2D eigenvalue weighted by Crippen LogP contribution is -2.41. The zero-order valence-corrected chi connectivity index (χ0v) is 13.2. The lowest BCUT2D eigenvalue weighted by atomic mass is 9.96. The standard InChI is InChI=1S/C15H28N2O2S/c18-20(19)11-7-14(12-20)16-8-10-17-9-3-6-15(17)13-4-1-2-5-13/h13-16H,1-12H2. The van der Waals surface area contributed by atoms with E-state index < -0.39 is 9.84 Å². The van der Waals surface area contributed by atoms with Crippen LogP contribution in [0.5, 0.6) is 0 Å². The van der Waals surface area contributed by atoms with Gasteiger partial charge in [0, 0.05) is 25.2 Å². The number of nitrogens with zero attached hydrogens (tertiary/aromatic N) is 1. The van der Waals surface area contributed by atoms with Crippen LogP contribution in [0.1, 0.15) is 44.9 Å². The zero-order chi connectivity index (χ0) is 14.0. The van der Waals surface area contributed by atoms with Crippen LogP contribution < -0.4 is 5.32 Å². The Kier molecular flexibility index (Phi) is 4.68. The highest BCUT2D eigenvalue weighted by Gasteiger charge is 2.33. The van der Waals surface area contributed by atoms with Crippen LogP contribution in [-0.4, -0.2) is 56.5 Å². The SMILES string of the molecule is O=S1(=O)CCC(NCCN2CCCC2C2CCCC2)C1. The first kappa shape index (κ1) is 14.8. The third-order valence-corrected chi connectivity index (χ3v) is 7.19. The van der Waals surface area contributed by atoms with Gasteiger partial charge in [0.05, 0.1) is 11.5 Å². The molecule has 3 rings (SSSR count). The summed E-state index contributed by atoms with van der Waals surface area (Å²) in [5, 5.41) is 3.45. The average molecular weight is 300 g/mol. The first-order valence-electron chi connectivity index (χ1n) is 8.32. The molecule has 1 aliphatic carbocycles. The van der Waals surface area contributed by atoms with E-state index in [9.17, 15) is 8.42 Å². The highest BCUT2D eigenvalue weighted by atomic mass is 32.2. The molecule has 2 heterocycles. The quantitative estimate of drug-likeness (QED) is 0.834. The van der Waals surface area contributed by atoms with Gasteiger partial charge in [-0.05, 0) is 44.6 Å². The van der Waals surface area contributed by atoms with Gasteiger partial charge in [-0.15, -0.1) is 0 Å². The fraction of sp³-hybridized carbons (Fsp3) is 1.00. The van der Waals surface area contributed by atoms with Gasteiger partial charge in [-0.2, -0.15) is 0 Å². The number of hydrogen-bond acceptors (Lipinski definition) is 4. The molecule has 0 aromatic rings.